The van der Waals surface area contributed by atoms with Crippen LogP contribution in [0.15, 0.2) is 53.9 Å². The molecule has 4 heteroatoms. The van der Waals surface area contributed by atoms with Crippen LogP contribution in [0.5, 0.6) is 0 Å². The molecule has 0 fully saturated rings. The van der Waals surface area contributed by atoms with Crippen molar-refractivity contribution in [1.82, 2.24) is 9.88 Å². The normalized spacial score (nSPS) is 14.2. The highest BCUT2D eigenvalue weighted by atomic mass is 32.1. The minimum atomic E-state index is 0.142. The van der Waals surface area contributed by atoms with Gasteiger partial charge in [-0.15, -0.1) is 11.3 Å². The highest BCUT2D eigenvalue weighted by Gasteiger charge is 2.26. The van der Waals surface area contributed by atoms with Crippen molar-refractivity contribution in [3.05, 3.63) is 70.7 Å². The fourth-order valence-electron chi connectivity index (χ4n) is 3.65. The molecule has 0 bridgehead atoms. The molecule has 0 unspecified atom stereocenters. The maximum Gasteiger partial charge on any atom is 0.255 e. The Morgan fingerprint density at radius 3 is 2.75 bits per heavy atom. The molecule has 0 aliphatic carbocycles. The lowest BCUT2D eigenvalue weighted by Crippen LogP contribution is -2.35. The zero-order chi connectivity index (χ0) is 16.1. The van der Waals surface area contributed by atoms with E-state index in [1.54, 1.807) is 11.3 Å². The summed E-state index contributed by atoms with van der Waals surface area (Å²) in [4.78, 5) is 18.6. The number of carbonyl (C=O) groups excluding carboxylic acids is 1. The van der Waals surface area contributed by atoms with E-state index in [2.05, 4.69) is 29.2 Å². The molecule has 0 spiro atoms. The predicted molar refractivity (Wildman–Crippen MR) is 98.6 cm³/mol. The molecule has 118 valence electrons. The predicted octanol–water partition coefficient (Wildman–Crippen LogP) is 4.58. The van der Waals surface area contributed by atoms with Gasteiger partial charge in [0.1, 0.15) is 0 Å². The van der Waals surface area contributed by atoms with E-state index < -0.39 is 0 Å². The van der Waals surface area contributed by atoms with Crippen molar-refractivity contribution in [3.8, 4) is 0 Å². The number of rotatable bonds is 1. The lowest BCUT2D eigenvalue weighted by Gasteiger charge is -2.27. The molecule has 1 amide bonds. The summed E-state index contributed by atoms with van der Waals surface area (Å²) in [5, 5.41) is 4.30. The van der Waals surface area contributed by atoms with E-state index in [1.807, 2.05) is 34.5 Å². The minimum Gasteiger partial charge on any atom is -0.358 e. The molecule has 5 rings (SSSR count). The summed E-state index contributed by atoms with van der Waals surface area (Å²) >= 11 is 1.64. The first-order chi connectivity index (χ1) is 11.8. The largest absolute Gasteiger partial charge is 0.358 e. The quantitative estimate of drug-likeness (QED) is 0.544. The van der Waals surface area contributed by atoms with Crippen molar-refractivity contribution in [2.45, 2.75) is 13.0 Å². The van der Waals surface area contributed by atoms with Crippen LogP contribution in [0.3, 0.4) is 0 Å². The van der Waals surface area contributed by atoms with Crippen LogP contribution < -0.4 is 0 Å². The van der Waals surface area contributed by atoms with Gasteiger partial charge >= 0.3 is 0 Å². The summed E-state index contributed by atoms with van der Waals surface area (Å²) in [6.07, 6.45) is 0.887. The second-order valence-electron chi connectivity index (χ2n) is 6.25. The molecular weight excluding hydrogens is 316 g/mol. The number of nitrogens with one attached hydrogen (secondary N) is 1. The number of fused-ring (bicyclic) bond motifs is 4. The first-order valence-electron chi connectivity index (χ1n) is 8.15. The molecule has 1 aliphatic rings. The van der Waals surface area contributed by atoms with Crippen LogP contribution >= 0.6 is 11.3 Å². The van der Waals surface area contributed by atoms with E-state index in [4.69, 9.17) is 0 Å². The Balaban J connectivity index is 1.53. The van der Waals surface area contributed by atoms with E-state index in [-0.39, 0.29) is 5.91 Å². The molecule has 0 atom stereocenters. The maximum absolute atomic E-state index is 13.1. The van der Waals surface area contributed by atoms with Crippen LogP contribution in [0.25, 0.3) is 21.0 Å². The van der Waals surface area contributed by atoms with Crippen molar-refractivity contribution in [2.75, 3.05) is 6.54 Å². The third-order valence-corrected chi connectivity index (χ3v) is 5.84. The summed E-state index contributed by atoms with van der Waals surface area (Å²) in [6.45, 7) is 1.45. The second kappa shape index (κ2) is 5.21. The average molecular weight is 332 g/mol. The SMILES string of the molecule is O=C(c1csc2ccccc12)N1CCc2[nH]c3ccccc3c2C1. The number of hydrogen-bond donors (Lipinski definition) is 1. The van der Waals surface area contributed by atoms with Gasteiger partial charge in [-0.3, -0.25) is 4.79 Å². The molecule has 4 aromatic rings. The van der Waals surface area contributed by atoms with Gasteiger partial charge in [0.15, 0.2) is 0 Å². The van der Waals surface area contributed by atoms with Gasteiger partial charge in [-0.1, -0.05) is 36.4 Å². The lowest BCUT2D eigenvalue weighted by molar-refractivity contribution is 0.0737. The van der Waals surface area contributed by atoms with Crippen LogP contribution in [0.1, 0.15) is 21.6 Å². The lowest BCUT2D eigenvalue weighted by atomic mass is 10.0. The molecule has 24 heavy (non-hydrogen) atoms. The van der Waals surface area contributed by atoms with Gasteiger partial charge in [0.05, 0.1) is 5.56 Å². The summed E-state index contributed by atoms with van der Waals surface area (Å²) in [7, 11) is 0. The van der Waals surface area contributed by atoms with E-state index in [9.17, 15) is 4.79 Å². The van der Waals surface area contributed by atoms with Crippen LogP contribution in [0.4, 0.5) is 0 Å². The number of benzene rings is 2. The third kappa shape index (κ3) is 2.00. The molecule has 2 aromatic heterocycles. The Labute approximate surface area is 143 Å². The Morgan fingerprint density at radius 1 is 1.04 bits per heavy atom. The smallest absolute Gasteiger partial charge is 0.255 e. The topological polar surface area (TPSA) is 36.1 Å². The summed E-state index contributed by atoms with van der Waals surface area (Å²) in [5.41, 5.74) is 4.54. The zero-order valence-corrected chi connectivity index (χ0v) is 13.9. The standard InChI is InChI=1S/C20H16N2OS/c23-20(16-12-24-19-8-4-2-6-14(16)19)22-10-9-18-15(11-22)13-5-1-3-7-17(13)21-18/h1-8,12,21H,9-11H2. The van der Waals surface area contributed by atoms with Gasteiger partial charge in [-0.05, 0) is 12.1 Å². The molecule has 1 N–H and O–H groups in total. The summed E-state index contributed by atoms with van der Waals surface area (Å²) in [5.74, 6) is 0.142. The molecule has 0 saturated heterocycles. The van der Waals surface area contributed by atoms with Gasteiger partial charge in [-0.25, -0.2) is 0 Å². The Bertz CT molecular complexity index is 1080. The van der Waals surface area contributed by atoms with Crippen LogP contribution in [-0.2, 0) is 13.0 Å². The van der Waals surface area contributed by atoms with E-state index in [1.165, 1.54) is 21.3 Å². The Hall–Kier alpha value is -2.59. The van der Waals surface area contributed by atoms with Gasteiger partial charge in [0.2, 0.25) is 0 Å². The van der Waals surface area contributed by atoms with E-state index in [0.717, 1.165) is 29.4 Å². The summed E-state index contributed by atoms with van der Waals surface area (Å²) < 4.78 is 1.17. The van der Waals surface area contributed by atoms with Crippen molar-refractivity contribution < 1.29 is 4.79 Å². The van der Waals surface area contributed by atoms with Gasteiger partial charge in [0, 0.05) is 57.1 Å². The Kier molecular flexibility index (Phi) is 3.00. The zero-order valence-electron chi connectivity index (χ0n) is 13.1. The Morgan fingerprint density at radius 2 is 1.83 bits per heavy atom. The number of aromatic amines is 1. The minimum absolute atomic E-state index is 0.142. The van der Waals surface area contributed by atoms with Crippen LogP contribution in [0, 0.1) is 0 Å². The fraction of sp³-hybridized carbons (Fsp3) is 0.150. The number of nitrogens with zero attached hydrogens (tertiary/aromatic N) is 1. The highest BCUT2D eigenvalue weighted by Crippen LogP contribution is 2.31. The van der Waals surface area contributed by atoms with Gasteiger partial charge < -0.3 is 9.88 Å². The first-order valence-corrected chi connectivity index (χ1v) is 9.03. The number of hydrogen-bond acceptors (Lipinski definition) is 2. The van der Waals surface area contributed by atoms with Crippen molar-refractivity contribution >= 4 is 38.2 Å². The first kappa shape index (κ1) is 13.8. The molecule has 3 nitrogen and oxygen atoms in total. The fourth-order valence-corrected chi connectivity index (χ4v) is 4.59. The monoisotopic (exact) mass is 332 g/mol. The maximum atomic E-state index is 13.1. The van der Waals surface area contributed by atoms with Gasteiger partial charge in [0.25, 0.3) is 5.91 Å². The van der Waals surface area contributed by atoms with Crippen molar-refractivity contribution in [1.29, 1.82) is 0 Å². The molecule has 2 aromatic carbocycles. The third-order valence-electron chi connectivity index (χ3n) is 4.88. The second-order valence-corrected chi connectivity index (χ2v) is 7.16. The van der Waals surface area contributed by atoms with E-state index in [0.29, 0.717) is 6.54 Å². The molecule has 3 heterocycles. The van der Waals surface area contributed by atoms with Crippen molar-refractivity contribution in [2.24, 2.45) is 0 Å². The number of aromatic nitrogens is 1. The molecular formula is C20H16N2OS. The van der Waals surface area contributed by atoms with E-state index >= 15 is 0 Å². The summed E-state index contributed by atoms with van der Waals surface area (Å²) in [6, 6.07) is 16.5. The molecule has 0 saturated carbocycles. The number of H-pyrrole nitrogens is 1. The number of amides is 1. The highest BCUT2D eigenvalue weighted by molar-refractivity contribution is 7.17. The number of carbonyl (C=O) groups is 1. The van der Waals surface area contributed by atoms with Gasteiger partial charge in [-0.2, -0.15) is 0 Å². The average Bonchev–Trinajstić information content (AvgIpc) is 3.22. The van der Waals surface area contributed by atoms with Crippen LogP contribution in [0.2, 0.25) is 0 Å². The molecule has 0 radical (unpaired) electrons. The number of para-hydroxylation sites is 1. The van der Waals surface area contributed by atoms with Crippen molar-refractivity contribution in [3.63, 3.8) is 0 Å². The van der Waals surface area contributed by atoms with Crippen LogP contribution in [-0.4, -0.2) is 22.3 Å². The molecule has 1 aliphatic heterocycles. The number of thiophene rings is 1.